The maximum absolute atomic E-state index is 13.8. The Balaban J connectivity index is 0.00000261. The lowest BCUT2D eigenvalue weighted by Crippen LogP contribution is -2.56. The molecule has 0 aromatic heterocycles. The van der Waals surface area contributed by atoms with Gasteiger partial charge >= 0.3 is 0 Å². The third kappa shape index (κ3) is 5.36. The normalized spacial score (nSPS) is 24.7. The molecule has 0 spiro atoms. The van der Waals surface area contributed by atoms with Crippen LogP contribution in [0.5, 0.6) is 0 Å². The van der Waals surface area contributed by atoms with Gasteiger partial charge in [-0.3, -0.25) is 9.59 Å². The molecule has 3 rings (SSSR count). The van der Waals surface area contributed by atoms with Crippen LogP contribution in [-0.4, -0.2) is 52.9 Å². The molecule has 0 radical (unpaired) electrons. The Morgan fingerprint density at radius 3 is 2.63 bits per heavy atom. The Kier molecular flexibility index (Phi) is 7.94. The van der Waals surface area contributed by atoms with Crippen LogP contribution in [0.25, 0.3) is 0 Å². The van der Waals surface area contributed by atoms with Crippen LogP contribution in [0, 0.1) is 11.7 Å². The highest BCUT2D eigenvalue weighted by Crippen LogP contribution is 2.25. The van der Waals surface area contributed by atoms with Gasteiger partial charge in [0.25, 0.3) is 0 Å². The Morgan fingerprint density at radius 1 is 1.37 bits per heavy atom. The van der Waals surface area contributed by atoms with Gasteiger partial charge in [0.15, 0.2) is 0 Å². The number of nitrogens with zero attached hydrogens (tertiary/aromatic N) is 1. The summed E-state index contributed by atoms with van der Waals surface area (Å²) in [4.78, 5) is 26.9. The number of thioether (sulfide) groups is 1. The first-order chi connectivity index (χ1) is 12.5. The molecule has 3 atom stereocenters. The van der Waals surface area contributed by atoms with Crippen LogP contribution in [0.15, 0.2) is 24.3 Å². The SMILES string of the molecule is CC(N)C1CCN(C(=O)C2CSC(Cc3ccccc3F)C(=O)N2)CC1.Cl. The van der Waals surface area contributed by atoms with Gasteiger partial charge in [-0.25, -0.2) is 4.39 Å². The molecule has 3 unspecified atom stereocenters. The maximum atomic E-state index is 13.8. The van der Waals surface area contributed by atoms with Crippen molar-refractivity contribution >= 4 is 36.0 Å². The summed E-state index contributed by atoms with van der Waals surface area (Å²) < 4.78 is 13.8. The third-order valence-electron chi connectivity index (χ3n) is 5.33. The Morgan fingerprint density at radius 2 is 2.04 bits per heavy atom. The Labute approximate surface area is 170 Å². The minimum atomic E-state index is -0.490. The first-order valence-corrected chi connectivity index (χ1v) is 10.2. The maximum Gasteiger partial charge on any atom is 0.246 e. The van der Waals surface area contributed by atoms with Crippen LogP contribution in [0.4, 0.5) is 4.39 Å². The van der Waals surface area contributed by atoms with Gasteiger partial charge in [0.1, 0.15) is 11.9 Å². The van der Waals surface area contributed by atoms with Crippen molar-refractivity contribution in [2.75, 3.05) is 18.8 Å². The number of nitrogens with one attached hydrogen (secondary N) is 1. The summed E-state index contributed by atoms with van der Waals surface area (Å²) in [5, 5.41) is 2.48. The average molecular weight is 416 g/mol. The topological polar surface area (TPSA) is 75.4 Å². The molecular weight excluding hydrogens is 389 g/mol. The van der Waals surface area contributed by atoms with E-state index in [9.17, 15) is 14.0 Å². The number of hydrogen-bond acceptors (Lipinski definition) is 4. The summed E-state index contributed by atoms with van der Waals surface area (Å²) in [7, 11) is 0. The molecule has 2 aliphatic heterocycles. The molecule has 2 amide bonds. The van der Waals surface area contributed by atoms with Crippen molar-refractivity contribution in [1.82, 2.24) is 10.2 Å². The monoisotopic (exact) mass is 415 g/mol. The van der Waals surface area contributed by atoms with E-state index >= 15 is 0 Å². The first kappa shape index (κ1) is 22.0. The lowest BCUT2D eigenvalue weighted by Gasteiger charge is -2.37. The number of hydrogen-bond donors (Lipinski definition) is 2. The van der Waals surface area contributed by atoms with Crippen LogP contribution >= 0.6 is 24.2 Å². The fourth-order valence-corrected chi connectivity index (χ4v) is 4.78. The second-order valence-corrected chi connectivity index (χ2v) is 8.44. The molecule has 27 heavy (non-hydrogen) atoms. The molecule has 8 heteroatoms. The van der Waals surface area contributed by atoms with Gasteiger partial charge < -0.3 is 16.0 Å². The number of benzene rings is 1. The minimum absolute atomic E-state index is 0. The second-order valence-electron chi connectivity index (χ2n) is 7.20. The summed E-state index contributed by atoms with van der Waals surface area (Å²) in [6.45, 7) is 3.40. The zero-order valence-electron chi connectivity index (χ0n) is 15.4. The van der Waals surface area contributed by atoms with E-state index in [2.05, 4.69) is 5.32 Å². The summed E-state index contributed by atoms with van der Waals surface area (Å²) in [6.07, 6.45) is 2.16. The van der Waals surface area contributed by atoms with Crippen LogP contribution in [-0.2, 0) is 16.0 Å². The fourth-order valence-electron chi connectivity index (χ4n) is 3.61. The van der Waals surface area contributed by atoms with Crippen LogP contribution in [0.1, 0.15) is 25.3 Å². The third-order valence-corrected chi connectivity index (χ3v) is 6.64. The highest BCUT2D eigenvalue weighted by Gasteiger charge is 2.36. The molecule has 150 valence electrons. The van der Waals surface area contributed by atoms with Crippen molar-refractivity contribution < 1.29 is 14.0 Å². The fraction of sp³-hybridized carbons (Fsp3) is 0.579. The van der Waals surface area contributed by atoms with Gasteiger partial charge in [-0.05, 0) is 43.7 Å². The van der Waals surface area contributed by atoms with E-state index in [-0.39, 0.29) is 41.3 Å². The van der Waals surface area contributed by atoms with E-state index in [0.717, 1.165) is 12.8 Å². The average Bonchev–Trinajstić information content (AvgIpc) is 2.64. The molecule has 2 fully saturated rings. The van der Waals surface area contributed by atoms with Crippen LogP contribution in [0.2, 0.25) is 0 Å². The van der Waals surface area contributed by atoms with Crippen LogP contribution in [0.3, 0.4) is 0 Å². The molecule has 1 aromatic carbocycles. The number of halogens is 2. The minimum Gasteiger partial charge on any atom is -0.343 e. The zero-order chi connectivity index (χ0) is 18.7. The summed E-state index contributed by atoms with van der Waals surface area (Å²) in [5.41, 5.74) is 6.48. The van der Waals surface area contributed by atoms with E-state index in [1.165, 1.54) is 17.8 Å². The molecule has 1 aromatic rings. The molecule has 0 saturated carbocycles. The van der Waals surface area contributed by atoms with Gasteiger partial charge in [0.2, 0.25) is 11.8 Å². The molecule has 2 saturated heterocycles. The number of rotatable bonds is 4. The smallest absolute Gasteiger partial charge is 0.246 e. The first-order valence-electron chi connectivity index (χ1n) is 9.15. The molecule has 2 heterocycles. The van der Waals surface area contributed by atoms with Gasteiger partial charge in [-0.1, -0.05) is 18.2 Å². The highest BCUT2D eigenvalue weighted by atomic mass is 35.5. The number of amides is 2. The zero-order valence-corrected chi connectivity index (χ0v) is 17.0. The number of carbonyl (C=O) groups excluding carboxylic acids is 2. The van der Waals surface area contributed by atoms with Gasteiger partial charge in [-0.2, -0.15) is 0 Å². The summed E-state index contributed by atoms with van der Waals surface area (Å²) in [6, 6.07) is 6.16. The van der Waals surface area contributed by atoms with Crippen molar-refractivity contribution in [3.63, 3.8) is 0 Å². The largest absolute Gasteiger partial charge is 0.343 e. The molecule has 0 aliphatic carbocycles. The van der Waals surface area contributed by atoms with Gasteiger partial charge in [0, 0.05) is 24.9 Å². The second kappa shape index (κ2) is 9.75. The highest BCUT2D eigenvalue weighted by molar-refractivity contribution is 8.00. The predicted octanol–water partition coefficient (Wildman–Crippen LogP) is 1.98. The van der Waals surface area contributed by atoms with E-state index in [1.54, 1.807) is 18.2 Å². The number of likely N-dealkylation sites (tertiary alicyclic amines) is 1. The van der Waals surface area contributed by atoms with Crippen molar-refractivity contribution in [2.45, 2.75) is 43.5 Å². The van der Waals surface area contributed by atoms with E-state index < -0.39 is 6.04 Å². The molecule has 0 bridgehead atoms. The Hall–Kier alpha value is -1.31. The summed E-state index contributed by atoms with van der Waals surface area (Å²) in [5.74, 6) is 0.485. The van der Waals surface area contributed by atoms with Crippen molar-refractivity contribution in [1.29, 1.82) is 0 Å². The Bertz CT molecular complexity index is 668. The van der Waals surface area contributed by atoms with Crippen molar-refractivity contribution in [3.05, 3.63) is 35.6 Å². The van der Waals surface area contributed by atoms with Crippen LogP contribution < -0.4 is 11.1 Å². The van der Waals surface area contributed by atoms with Gasteiger partial charge in [0.05, 0.1) is 5.25 Å². The van der Waals surface area contributed by atoms with Crippen molar-refractivity contribution in [2.24, 2.45) is 11.7 Å². The number of nitrogens with two attached hydrogens (primary N) is 1. The standard InChI is InChI=1S/C19H26FN3O2S.ClH/c1-12(21)13-6-8-23(9-7-13)19(25)16-11-26-17(18(24)22-16)10-14-4-2-3-5-15(14)20;/h2-5,12-13,16-17H,6-11,21H2,1H3,(H,22,24);1H. The van der Waals surface area contributed by atoms with Crippen molar-refractivity contribution in [3.8, 4) is 0 Å². The van der Waals surface area contributed by atoms with E-state index in [0.29, 0.717) is 36.7 Å². The van der Waals surface area contributed by atoms with Gasteiger partial charge in [-0.15, -0.1) is 24.2 Å². The molecular formula is C19H27ClFN3O2S. The number of carbonyl (C=O) groups is 2. The lowest BCUT2D eigenvalue weighted by molar-refractivity contribution is -0.137. The van der Waals surface area contributed by atoms with E-state index in [4.69, 9.17) is 5.73 Å². The lowest BCUT2D eigenvalue weighted by atomic mass is 9.91. The molecule has 3 N–H and O–H groups in total. The molecule has 2 aliphatic rings. The number of piperidine rings is 1. The molecule has 5 nitrogen and oxygen atoms in total. The van der Waals surface area contributed by atoms with E-state index in [1.807, 2.05) is 11.8 Å². The summed E-state index contributed by atoms with van der Waals surface area (Å²) >= 11 is 1.43. The predicted molar refractivity (Wildman–Crippen MR) is 108 cm³/mol. The quantitative estimate of drug-likeness (QED) is 0.788.